The second-order valence-corrected chi connectivity index (χ2v) is 8.54. The summed E-state index contributed by atoms with van der Waals surface area (Å²) < 4.78 is 23.7. The van der Waals surface area contributed by atoms with Gasteiger partial charge in [-0.25, -0.2) is 8.42 Å². The highest BCUT2D eigenvalue weighted by molar-refractivity contribution is 7.90. The van der Waals surface area contributed by atoms with E-state index in [4.69, 9.17) is 5.11 Å². The average molecular weight is 367 g/mol. The van der Waals surface area contributed by atoms with Crippen molar-refractivity contribution in [2.45, 2.75) is 56.4 Å². The fourth-order valence-corrected chi connectivity index (χ4v) is 3.95. The maximum Gasteiger partial charge on any atom is 0.303 e. The van der Waals surface area contributed by atoms with E-state index < -0.39 is 15.8 Å². The molecule has 0 bridgehead atoms. The van der Waals surface area contributed by atoms with Gasteiger partial charge in [-0.15, -0.1) is 0 Å². The molecule has 1 saturated heterocycles. The molecule has 1 aliphatic heterocycles. The van der Waals surface area contributed by atoms with Crippen molar-refractivity contribution in [2.24, 2.45) is 0 Å². The van der Waals surface area contributed by atoms with Gasteiger partial charge in [0.1, 0.15) is 0 Å². The van der Waals surface area contributed by atoms with Gasteiger partial charge in [-0.05, 0) is 49.8 Å². The van der Waals surface area contributed by atoms with Crippen LogP contribution in [0.4, 0.5) is 0 Å². The van der Waals surface area contributed by atoms with Gasteiger partial charge in [0.05, 0.1) is 4.90 Å². The number of nitrogens with zero attached hydrogens (tertiary/aromatic N) is 1. The Kier molecular flexibility index (Phi) is 6.21. The lowest BCUT2D eigenvalue weighted by atomic mass is 9.95. The molecule has 1 heterocycles. The van der Waals surface area contributed by atoms with Gasteiger partial charge in [0.2, 0.25) is 0 Å². The fourth-order valence-electron chi connectivity index (χ4n) is 3.31. The zero-order chi connectivity index (χ0) is 18.6. The van der Waals surface area contributed by atoms with E-state index in [0.29, 0.717) is 24.9 Å². The zero-order valence-electron chi connectivity index (χ0n) is 14.7. The molecule has 6 nitrogen and oxygen atoms in total. The van der Waals surface area contributed by atoms with Gasteiger partial charge in [0.15, 0.2) is 9.84 Å². The Balaban J connectivity index is 2.34. The predicted molar refractivity (Wildman–Crippen MR) is 94.5 cm³/mol. The molecule has 0 aliphatic carbocycles. The second-order valence-electron chi connectivity index (χ2n) is 6.53. The molecule has 138 valence electrons. The van der Waals surface area contributed by atoms with Crippen LogP contribution in [0.2, 0.25) is 0 Å². The molecular weight excluding hydrogens is 342 g/mol. The number of aliphatic carboxylic acids is 1. The van der Waals surface area contributed by atoms with Crippen LogP contribution in [0.1, 0.15) is 54.9 Å². The molecule has 1 amide bonds. The van der Waals surface area contributed by atoms with Crippen LogP contribution >= 0.6 is 0 Å². The summed E-state index contributed by atoms with van der Waals surface area (Å²) in [6.07, 6.45) is 4.83. The van der Waals surface area contributed by atoms with Crippen LogP contribution in [0.25, 0.3) is 0 Å². The van der Waals surface area contributed by atoms with Gasteiger partial charge < -0.3 is 10.0 Å². The predicted octanol–water partition coefficient (Wildman–Crippen LogP) is 2.51. The number of hydrogen-bond acceptors (Lipinski definition) is 4. The summed E-state index contributed by atoms with van der Waals surface area (Å²) in [5.41, 5.74) is 1.22. The first-order valence-corrected chi connectivity index (χ1v) is 10.5. The molecule has 25 heavy (non-hydrogen) atoms. The number of piperidine rings is 1. The van der Waals surface area contributed by atoms with Gasteiger partial charge in [-0.3, -0.25) is 9.59 Å². The minimum atomic E-state index is -3.40. The summed E-state index contributed by atoms with van der Waals surface area (Å²) >= 11 is 0. The van der Waals surface area contributed by atoms with Crippen LogP contribution in [0.15, 0.2) is 23.1 Å². The van der Waals surface area contributed by atoms with E-state index >= 15 is 0 Å². The van der Waals surface area contributed by atoms with Crippen LogP contribution in [0, 0.1) is 0 Å². The molecular formula is C18H25NO5S. The molecule has 1 aromatic rings. The molecule has 0 spiro atoms. The number of hydrogen-bond donors (Lipinski definition) is 1. The van der Waals surface area contributed by atoms with Crippen molar-refractivity contribution in [3.05, 3.63) is 29.3 Å². The summed E-state index contributed by atoms with van der Waals surface area (Å²) in [6.45, 7) is 2.50. The number of rotatable bonds is 6. The van der Waals surface area contributed by atoms with Crippen LogP contribution in [-0.2, 0) is 21.1 Å². The Hall–Kier alpha value is -1.89. The first-order chi connectivity index (χ1) is 11.7. The molecule has 1 atom stereocenters. The van der Waals surface area contributed by atoms with Crippen molar-refractivity contribution in [3.8, 4) is 0 Å². The molecule has 1 N–H and O–H groups in total. The van der Waals surface area contributed by atoms with Gasteiger partial charge in [-0.1, -0.05) is 13.0 Å². The smallest absolute Gasteiger partial charge is 0.303 e. The SMILES string of the molecule is CCc1ccc(S(C)(=O)=O)cc1C(=O)N1CCCCC1CCC(=O)O. The third kappa shape index (κ3) is 4.81. The molecule has 1 fully saturated rings. The summed E-state index contributed by atoms with van der Waals surface area (Å²) in [6, 6.07) is 4.58. The summed E-state index contributed by atoms with van der Waals surface area (Å²) in [5, 5.41) is 8.92. The normalized spacial score (nSPS) is 18.2. The highest BCUT2D eigenvalue weighted by Gasteiger charge is 2.29. The molecule has 0 saturated carbocycles. The zero-order valence-corrected chi connectivity index (χ0v) is 15.5. The Bertz CT molecular complexity index is 757. The number of carboxylic acids is 1. The first-order valence-electron chi connectivity index (χ1n) is 8.59. The summed E-state index contributed by atoms with van der Waals surface area (Å²) in [7, 11) is -3.40. The van der Waals surface area contributed by atoms with E-state index in [0.717, 1.165) is 31.1 Å². The van der Waals surface area contributed by atoms with Crippen molar-refractivity contribution in [2.75, 3.05) is 12.8 Å². The van der Waals surface area contributed by atoms with E-state index in [1.54, 1.807) is 11.0 Å². The number of likely N-dealkylation sites (tertiary alicyclic amines) is 1. The van der Waals surface area contributed by atoms with Gasteiger partial charge >= 0.3 is 5.97 Å². The number of carbonyl (C=O) groups is 2. The molecule has 1 aliphatic rings. The third-order valence-corrected chi connectivity index (χ3v) is 5.81. The first kappa shape index (κ1) is 19.4. The van der Waals surface area contributed by atoms with Gasteiger partial charge in [-0.2, -0.15) is 0 Å². The van der Waals surface area contributed by atoms with Crippen molar-refractivity contribution in [1.82, 2.24) is 4.90 Å². The topological polar surface area (TPSA) is 91.8 Å². The molecule has 7 heteroatoms. The molecule has 1 aromatic carbocycles. The van der Waals surface area contributed by atoms with E-state index in [1.165, 1.54) is 12.1 Å². The van der Waals surface area contributed by atoms with Crippen LogP contribution < -0.4 is 0 Å². The summed E-state index contributed by atoms with van der Waals surface area (Å²) in [4.78, 5) is 25.8. The van der Waals surface area contributed by atoms with Crippen LogP contribution in [0.3, 0.4) is 0 Å². The number of carboxylic acid groups (broad SMARTS) is 1. The maximum absolute atomic E-state index is 13.1. The second kappa shape index (κ2) is 7.99. The lowest BCUT2D eigenvalue weighted by molar-refractivity contribution is -0.137. The minimum Gasteiger partial charge on any atom is -0.481 e. The number of carbonyl (C=O) groups excluding carboxylic acids is 1. The lowest BCUT2D eigenvalue weighted by Gasteiger charge is -2.36. The fraction of sp³-hybridized carbons (Fsp3) is 0.556. The van der Waals surface area contributed by atoms with E-state index in [-0.39, 0.29) is 23.3 Å². The minimum absolute atomic E-state index is 0.0263. The van der Waals surface area contributed by atoms with Crippen molar-refractivity contribution in [3.63, 3.8) is 0 Å². The highest BCUT2D eigenvalue weighted by atomic mass is 32.2. The van der Waals surface area contributed by atoms with Gasteiger partial charge in [0.25, 0.3) is 5.91 Å². The molecule has 2 rings (SSSR count). The number of amides is 1. The molecule has 1 unspecified atom stereocenters. The highest BCUT2D eigenvalue weighted by Crippen LogP contribution is 2.26. The Morgan fingerprint density at radius 2 is 2.00 bits per heavy atom. The van der Waals surface area contributed by atoms with E-state index in [9.17, 15) is 18.0 Å². The molecule has 0 radical (unpaired) electrons. The van der Waals surface area contributed by atoms with E-state index in [2.05, 4.69) is 0 Å². The quantitative estimate of drug-likeness (QED) is 0.834. The van der Waals surface area contributed by atoms with Crippen molar-refractivity contribution < 1.29 is 23.1 Å². The number of benzene rings is 1. The Morgan fingerprint density at radius 3 is 2.60 bits per heavy atom. The lowest BCUT2D eigenvalue weighted by Crippen LogP contribution is -2.44. The van der Waals surface area contributed by atoms with Crippen LogP contribution in [0.5, 0.6) is 0 Å². The Morgan fingerprint density at radius 1 is 1.28 bits per heavy atom. The van der Waals surface area contributed by atoms with Crippen LogP contribution in [-0.4, -0.2) is 49.1 Å². The largest absolute Gasteiger partial charge is 0.481 e. The monoisotopic (exact) mass is 367 g/mol. The third-order valence-electron chi connectivity index (χ3n) is 4.70. The Labute approximate surface area is 148 Å². The maximum atomic E-state index is 13.1. The standard InChI is InChI=1S/C18H25NO5S/c1-3-13-7-9-15(25(2,23)24)12-16(13)18(22)19-11-5-4-6-14(19)8-10-17(20)21/h7,9,12,14H,3-6,8,10-11H2,1-2H3,(H,20,21). The summed E-state index contributed by atoms with van der Waals surface area (Å²) in [5.74, 6) is -1.07. The van der Waals surface area contributed by atoms with E-state index in [1.807, 2.05) is 6.92 Å². The number of sulfone groups is 1. The molecule has 0 aromatic heterocycles. The number of aryl methyl sites for hydroxylation is 1. The van der Waals surface area contributed by atoms with Crippen molar-refractivity contribution in [1.29, 1.82) is 0 Å². The van der Waals surface area contributed by atoms with Gasteiger partial charge in [0, 0.05) is 30.8 Å². The average Bonchev–Trinajstić information content (AvgIpc) is 2.58. The van der Waals surface area contributed by atoms with Crippen molar-refractivity contribution >= 4 is 21.7 Å².